The third-order valence-electron chi connectivity index (χ3n) is 1.52. The first kappa shape index (κ1) is 10.7. The molecule has 14 heavy (non-hydrogen) atoms. The molecule has 0 saturated carbocycles. The number of ether oxygens (including phenoxy) is 1. The molecule has 0 unspecified atom stereocenters. The summed E-state index contributed by atoms with van der Waals surface area (Å²) in [7, 11) is 1.27. The molecule has 1 aromatic heterocycles. The molecule has 0 aliphatic rings. The second-order valence-electron chi connectivity index (χ2n) is 2.32. The van der Waals surface area contributed by atoms with Crippen LogP contribution in [0.15, 0.2) is 6.07 Å². The average molecular weight is 219 g/mol. The number of rotatable bonds is 2. The smallest absolute Gasteiger partial charge is 0.281 e. The van der Waals surface area contributed by atoms with Crippen LogP contribution in [0.3, 0.4) is 0 Å². The van der Waals surface area contributed by atoms with Crippen molar-refractivity contribution in [2.75, 3.05) is 7.11 Å². The van der Waals surface area contributed by atoms with E-state index in [4.69, 9.17) is 21.6 Å². The number of aromatic nitrogens is 1. The fourth-order valence-corrected chi connectivity index (χ4v) is 1.13. The van der Waals surface area contributed by atoms with Gasteiger partial charge >= 0.3 is 0 Å². The van der Waals surface area contributed by atoms with Gasteiger partial charge in [-0.15, -0.1) is 0 Å². The Kier molecular flexibility index (Phi) is 3.20. The van der Waals surface area contributed by atoms with E-state index in [0.29, 0.717) is 0 Å². The zero-order chi connectivity index (χ0) is 10.7. The van der Waals surface area contributed by atoms with Gasteiger partial charge in [-0.1, -0.05) is 11.6 Å². The van der Waals surface area contributed by atoms with Crippen molar-refractivity contribution in [1.82, 2.24) is 4.98 Å². The molecular formula is C8H5ClF2N2O. The summed E-state index contributed by atoms with van der Waals surface area (Å²) in [6.45, 7) is 0. The maximum atomic E-state index is 12.4. The van der Waals surface area contributed by atoms with Gasteiger partial charge in [-0.05, 0) is 0 Å². The highest BCUT2D eigenvalue weighted by molar-refractivity contribution is 6.29. The molecule has 0 aliphatic heterocycles. The van der Waals surface area contributed by atoms with Crippen LogP contribution >= 0.6 is 11.6 Å². The topological polar surface area (TPSA) is 45.9 Å². The highest BCUT2D eigenvalue weighted by atomic mass is 35.5. The summed E-state index contributed by atoms with van der Waals surface area (Å²) < 4.78 is 29.5. The predicted molar refractivity (Wildman–Crippen MR) is 45.5 cm³/mol. The van der Waals surface area contributed by atoms with Gasteiger partial charge in [0.2, 0.25) is 0 Å². The lowest BCUT2D eigenvalue weighted by atomic mass is 10.2. The SMILES string of the molecule is COc1cc(Cl)nc(C(F)F)c1C#N. The van der Waals surface area contributed by atoms with Crippen molar-refractivity contribution in [3.05, 3.63) is 22.5 Å². The van der Waals surface area contributed by atoms with Gasteiger partial charge < -0.3 is 4.74 Å². The third kappa shape index (κ3) is 1.91. The molecule has 74 valence electrons. The number of alkyl halides is 2. The normalized spacial score (nSPS) is 10.0. The van der Waals surface area contributed by atoms with Crippen molar-refractivity contribution in [3.63, 3.8) is 0 Å². The molecule has 0 fully saturated rings. The second kappa shape index (κ2) is 4.20. The minimum atomic E-state index is -2.85. The standard InChI is InChI=1S/C8H5ClF2N2O/c1-14-5-2-6(9)13-7(8(10)11)4(5)3-12/h2,8H,1H3. The van der Waals surface area contributed by atoms with Crippen LogP contribution in [0.2, 0.25) is 5.15 Å². The van der Waals surface area contributed by atoms with Crippen molar-refractivity contribution >= 4 is 11.6 Å². The van der Waals surface area contributed by atoms with Crippen LogP contribution in [0.1, 0.15) is 17.7 Å². The van der Waals surface area contributed by atoms with E-state index in [1.54, 1.807) is 6.07 Å². The Balaban J connectivity index is 3.41. The first-order valence-corrected chi connectivity index (χ1v) is 3.90. The van der Waals surface area contributed by atoms with Gasteiger partial charge in [0.1, 0.15) is 28.2 Å². The van der Waals surface area contributed by atoms with Crippen LogP contribution in [0.4, 0.5) is 8.78 Å². The molecule has 0 radical (unpaired) electrons. The van der Waals surface area contributed by atoms with Crippen LogP contribution < -0.4 is 4.74 Å². The van der Waals surface area contributed by atoms with E-state index in [0.717, 1.165) is 0 Å². The number of nitrogens with zero attached hydrogens (tertiary/aromatic N) is 2. The third-order valence-corrected chi connectivity index (χ3v) is 1.71. The Morgan fingerprint density at radius 2 is 2.29 bits per heavy atom. The van der Waals surface area contributed by atoms with Gasteiger partial charge in [0.05, 0.1) is 7.11 Å². The van der Waals surface area contributed by atoms with E-state index in [9.17, 15) is 8.78 Å². The molecule has 0 aliphatic carbocycles. The fraction of sp³-hybridized carbons (Fsp3) is 0.250. The van der Waals surface area contributed by atoms with Gasteiger partial charge in [0.15, 0.2) is 0 Å². The Morgan fingerprint density at radius 1 is 1.64 bits per heavy atom. The van der Waals surface area contributed by atoms with Gasteiger partial charge in [-0.3, -0.25) is 0 Å². The van der Waals surface area contributed by atoms with Crippen molar-refractivity contribution in [2.24, 2.45) is 0 Å². The van der Waals surface area contributed by atoms with Crippen LogP contribution in [0.25, 0.3) is 0 Å². The highest BCUT2D eigenvalue weighted by Crippen LogP contribution is 2.29. The quantitative estimate of drug-likeness (QED) is 0.717. The number of hydrogen-bond donors (Lipinski definition) is 0. The van der Waals surface area contributed by atoms with Gasteiger partial charge in [0, 0.05) is 6.07 Å². The second-order valence-corrected chi connectivity index (χ2v) is 2.71. The average Bonchev–Trinajstić information content (AvgIpc) is 2.16. The number of hydrogen-bond acceptors (Lipinski definition) is 3. The molecule has 1 heterocycles. The first-order valence-electron chi connectivity index (χ1n) is 3.52. The zero-order valence-electron chi connectivity index (χ0n) is 7.09. The number of pyridine rings is 1. The Bertz CT molecular complexity index is 390. The molecule has 6 heteroatoms. The maximum absolute atomic E-state index is 12.4. The van der Waals surface area contributed by atoms with Crippen LogP contribution in [0.5, 0.6) is 5.75 Å². The van der Waals surface area contributed by atoms with E-state index >= 15 is 0 Å². The van der Waals surface area contributed by atoms with Crippen LogP contribution in [0, 0.1) is 11.3 Å². The van der Waals surface area contributed by atoms with E-state index < -0.39 is 12.1 Å². The molecule has 0 bridgehead atoms. The van der Waals surface area contributed by atoms with Crippen molar-refractivity contribution in [2.45, 2.75) is 6.43 Å². The molecule has 1 rings (SSSR count). The van der Waals surface area contributed by atoms with Gasteiger partial charge in [-0.25, -0.2) is 13.8 Å². The molecule has 0 saturated heterocycles. The molecule has 0 N–H and O–H groups in total. The largest absolute Gasteiger partial charge is 0.495 e. The zero-order valence-corrected chi connectivity index (χ0v) is 7.85. The Hall–Kier alpha value is -1.41. The summed E-state index contributed by atoms with van der Waals surface area (Å²) in [5.41, 5.74) is -0.941. The monoisotopic (exact) mass is 218 g/mol. The van der Waals surface area contributed by atoms with Gasteiger partial charge in [0.25, 0.3) is 6.43 Å². The molecular weight excluding hydrogens is 214 g/mol. The minimum absolute atomic E-state index is 0.00259. The van der Waals surface area contributed by atoms with Crippen LogP contribution in [-0.4, -0.2) is 12.1 Å². The molecule has 3 nitrogen and oxygen atoms in total. The lowest BCUT2D eigenvalue weighted by molar-refractivity contribution is 0.145. The number of nitriles is 1. The molecule has 0 atom stereocenters. The number of halogens is 3. The summed E-state index contributed by atoms with van der Waals surface area (Å²) in [5.74, 6) is 0.00259. The summed E-state index contributed by atoms with van der Waals surface area (Å²) in [6.07, 6.45) is -2.85. The fourth-order valence-electron chi connectivity index (χ4n) is 0.941. The minimum Gasteiger partial charge on any atom is -0.495 e. The van der Waals surface area contributed by atoms with E-state index in [1.807, 2.05) is 0 Å². The van der Waals surface area contributed by atoms with Crippen molar-refractivity contribution in [1.29, 1.82) is 5.26 Å². The summed E-state index contributed by atoms with van der Waals surface area (Å²) in [6, 6.07) is 2.81. The lowest BCUT2D eigenvalue weighted by Gasteiger charge is -2.07. The van der Waals surface area contributed by atoms with E-state index in [1.165, 1.54) is 13.2 Å². The van der Waals surface area contributed by atoms with Crippen LogP contribution in [-0.2, 0) is 0 Å². The predicted octanol–water partition coefficient (Wildman–Crippen LogP) is 2.55. The summed E-state index contributed by atoms with van der Waals surface area (Å²) >= 11 is 5.47. The maximum Gasteiger partial charge on any atom is 0.281 e. The lowest BCUT2D eigenvalue weighted by Crippen LogP contribution is -1.99. The van der Waals surface area contributed by atoms with E-state index in [-0.39, 0.29) is 16.5 Å². The highest BCUT2D eigenvalue weighted by Gasteiger charge is 2.19. The Morgan fingerprint density at radius 3 is 2.71 bits per heavy atom. The van der Waals surface area contributed by atoms with Crippen molar-refractivity contribution in [3.8, 4) is 11.8 Å². The number of methoxy groups -OCH3 is 1. The molecule has 0 amide bonds. The molecule has 0 aromatic carbocycles. The molecule has 0 spiro atoms. The van der Waals surface area contributed by atoms with E-state index in [2.05, 4.69) is 4.98 Å². The Labute approximate surface area is 83.9 Å². The van der Waals surface area contributed by atoms with Crippen molar-refractivity contribution < 1.29 is 13.5 Å². The van der Waals surface area contributed by atoms with Gasteiger partial charge in [-0.2, -0.15) is 5.26 Å². The summed E-state index contributed by atoms with van der Waals surface area (Å²) in [4.78, 5) is 3.37. The first-order chi connectivity index (χ1) is 6.60. The summed E-state index contributed by atoms with van der Waals surface area (Å²) in [5, 5.41) is 8.50. The molecule has 1 aromatic rings.